The normalized spacial score (nSPS) is 10.2. The van der Waals surface area contributed by atoms with E-state index in [4.69, 9.17) is 4.74 Å². The lowest BCUT2D eigenvalue weighted by molar-refractivity contribution is 0.102. The van der Waals surface area contributed by atoms with Crippen LogP contribution in [0.3, 0.4) is 0 Å². The lowest BCUT2D eigenvalue weighted by atomic mass is 10.2. The smallest absolute Gasteiger partial charge is 0.257 e. The minimum atomic E-state index is -0.238. The molecule has 0 unspecified atom stereocenters. The van der Waals surface area contributed by atoms with Crippen molar-refractivity contribution < 1.29 is 9.53 Å². The van der Waals surface area contributed by atoms with Gasteiger partial charge >= 0.3 is 0 Å². The average Bonchev–Trinajstić information content (AvgIpc) is 2.64. The number of hydrogen-bond donors (Lipinski definition) is 2. The van der Waals surface area contributed by atoms with Crippen LogP contribution in [0.2, 0.25) is 0 Å². The summed E-state index contributed by atoms with van der Waals surface area (Å²) in [5.41, 5.74) is 3.96. The molecule has 5 nitrogen and oxygen atoms in total. The average molecular weight is 347 g/mol. The summed E-state index contributed by atoms with van der Waals surface area (Å²) in [6.07, 6.45) is 3.23. The van der Waals surface area contributed by atoms with E-state index < -0.39 is 0 Å². The van der Waals surface area contributed by atoms with Crippen LogP contribution >= 0.6 is 0 Å². The van der Waals surface area contributed by atoms with E-state index >= 15 is 0 Å². The van der Waals surface area contributed by atoms with Crippen molar-refractivity contribution in [2.75, 3.05) is 17.2 Å². The Morgan fingerprint density at radius 3 is 2.69 bits per heavy atom. The van der Waals surface area contributed by atoms with Gasteiger partial charge in [-0.3, -0.25) is 9.78 Å². The summed E-state index contributed by atoms with van der Waals surface area (Å²) in [7, 11) is 0. The summed E-state index contributed by atoms with van der Waals surface area (Å²) in [4.78, 5) is 16.8. The van der Waals surface area contributed by atoms with Gasteiger partial charge < -0.3 is 15.4 Å². The highest BCUT2D eigenvalue weighted by molar-refractivity contribution is 6.05. The van der Waals surface area contributed by atoms with E-state index in [-0.39, 0.29) is 5.91 Å². The van der Waals surface area contributed by atoms with Crippen molar-refractivity contribution in [1.29, 1.82) is 0 Å². The Balaban J connectivity index is 1.76. The van der Waals surface area contributed by atoms with Crippen molar-refractivity contribution >= 4 is 23.0 Å². The molecule has 1 amide bonds. The van der Waals surface area contributed by atoms with E-state index in [1.165, 1.54) is 0 Å². The van der Waals surface area contributed by atoms with Crippen LogP contribution in [0.15, 0.2) is 67.0 Å². The van der Waals surface area contributed by atoms with Crippen LogP contribution in [0.4, 0.5) is 17.1 Å². The number of ether oxygens (including phenoxy) is 1. The van der Waals surface area contributed by atoms with Crippen LogP contribution in [-0.2, 0) is 0 Å². The second-order valence-electron chi connectivity index (χ2n) is 5.84. The van der Waals surface area contributed by atoms with E-state index in [9.17, 15) is 4.79 Å². The van der Waals surface area contributed by atoms with Gasteiger partial charge in [0.1, 0.15) is 5.75 Å². The molecule has 1 aromatic heterocycles. The van der Waals surface area contributed by atoms with Gasteiger partial charge in [0, 0.05) is 11.9 Å². The molecule has 2 aromatic carbocycles. The third-order valence-electron chi connectivity index (χ3n) is 3.74. The number of rotatable bonds is 6. The quantitative estimate of drug-likeness (QED) is 0.673. The molecule has 3 rings (SSSR count). The van der Waals surface area contributed by atoms with Gasteiger partial charge in [-0.05, 0) is 49.7 Å². The second kappa shape index (κ2) is 8.16. The number of nitrogens with one attached hydrogen (secondary N) is 2. The zero-order chi connectivity index (χ0) is 18.4. The van der Waals surface area contributed by atoms with Gasteiger partial charge in [0.25, 0.3) is 5.91 Å². The minimum absolute atomic E-state index is 0.238. The molecule has 132 valence electrons. The molecular formula is C21H21N3O2. The highest BCUT2D eigenvalue weighted by Gasteiger charge is 2.11. The van der Waals surface area contributed by atoms with Crippen LogP contribution < -0.4 is 15.4 Å². The molecule has 5 heteroatoms. The topological polar surface area (TPSA) is 63.2 Å². The number of pyridine rings is 1. The fourth-order valence-electron chi connectivity index (χ4n) is 2.57. The molecule has 0 radical (unpaired) electrons. The number of anilines is 3. The van der Waals surface area contributed by atoms with Gasteiger partial charge in [0.2, 0.25) is 0 Å². The fourth-order valence-corrected chi connectivity index (χ4v) is 2.57. The number of amides is 1. The first-order chi connectivity index (χ1) is 12.7. The van der Waals surface area contributed by atoms with Crippen LogP contribution in [0, 0.1) is 6.92 Å². The highest BCUT2D eigenvalue weighted by atomic mass is 16.5. The Labute approximate surface area is 153 Å². The molecule has 0 saturated carbocycles. The number of hydrogen-bond acceptors (Lipinski definition) is 4. The molecule has 0 aliphatic rings. The predicted octanol–water partition coefficient (Wildman–Crippen LogP) is 4.78. The number of benzene rings is 2. The van der Waals surface area contributed by atoms with Crippen LogP contribution in [0.5, 0.6) is 5.75 Å². The Kier molecular flexibility index (Phi) is 5.49. The maximum atomic E-state index is 12.6. The van der Waals surface area contributed by atoms with E-state index in [2.05, 4.69) is 15.6 Å². The molecule has 0 atom stereocenters. The third kappa shape index (κ3) is 4.39. The molecular weight excluding hydrogens is 326 g/mol. The van der Waals surface area contributed by atoms with Crippen molar-refractivity contribution in [2.45, 2.75) is 13.8 Å². The maximum Gasteiger partial charge on any atom is 0.257 e. The van der Waals surface area contributed by atoms with Gasteiger partial charge in [0.15, 0.2) is 0 Å². The third-order valence-corrected chi connectivity index (χ3v) is 3.74. The van der Waals surface area contributed by atoms with Gasteiger partial charge in [-0.15, -0.1) is 0 Å². The number of carbonyl (C=O) groups is 1. The lowest BCUT2D eigenvalue weighted by Gasteiger charge is -2.12. The summed E-state index contributed by atoms with van der Waals surface area (Å²) < 4.78 is 5.54. The first kappa shape index (κ1) is 17.5. The summed E-state index contributed by atoms with van der Waals surface area (Å²) in [5, 5.41) is 6.15. The standard InChI is InChI=1S/C21H21N3O2/c1-3-26-20-10-5-4-9-19(20)24-21(25)16-12-18(14-22-13-16)23-17-8-6-7-15(2)11-17/h4-14,23H,3H2,1-2H3,(H,24,25). The molecule has 3 aromatic rings. The van der Waals surface area contributed by atoms with Gasteiger partial charge in [-0.25, -0.2) is 0 Å². The van der Waals surface area contributed by atoms with Crippen molar-refractivity contribution in [3.63, 3.8) is 0 Å². The number of carbonyl (C=O) groups excluding carboxylic acids is 1. The van der Waals surface area contributed by atoms with E-state index in [0.29, 0.717) is 23.6 Å². The molecule has 0 aliphatic carbocycles. The van der Waals surface area contributed by atoms with Crippen molar-refractivity contribution in [3.05, 3.63) is 78.1 Å². The van der Waals surface area contributed by atoms with E-state index in [1.54, 1.807) is 18.5 Å². The van der Waals surface area contributed by atoms with Crippen molar-refractivity contribution in [2.24, 2.45) is 0 Å². The molecule has 0 aliphatic heterocycles. The highest BCUT2D eigenvalue weighted by Crippen LogP contribution is 2.25. The molecule has 2 N–H and O–H groups in total. The summed E-state index contributed by atoms with van der Waals surface area (Å²) in [6.45, 7) is 4.47. The Morgan fingerprint density at radius 2 is 1.88 bits per heavy atom. The number of para-hydroxylation sites is 2. The largest absolute Gasteiger partial charge is 0.492 e. The Hall–Kier alpha value is -3.34. The van der Waals surface area contributed by atoms with Crippen LogP contribution in [-0.4, -0.2) is 17.5 Å². The molecule has 0 bridgehead atoms. The molecule has 26 heavy (non-hydrogen) atoms. The minimum Gasteiger partial charge on any atom is -0.492 e. The molecule has 0 fully saturated rings. The summed E-state index contributed by atoms with van der Waals surface area (Å²) >= 11 is 0. The molecule has 0 spiro atoms. The lowest BCUT2D eigenvalue weighted by Crippen LogP contribution is -2.13. The SMILES string of the molecule is CCOc1ccccc1NC(=O)c1cncc(Nc2cccc(C)c2)c1. The summed E-state index contributed by atoms with van der Waals surface area (Å²) in [6, 6.07) is 17.1. The Bertz CT molecular complexity index is 909. The van der Waals surface area contributed by atoms with Crippen LogP contribution in [0.25, 0.3) is 0 Å². The summed E-state index contributed by atoms with van der Waals surface area (Å²) in [5.74, 6) is 0.405. The van der Waals surface area contributed by atoms with E-state index in [1.807, 2.05) is 62.4 Å². The second-order valence-corrected chi connectivity index (χ2v) is 5.84. The zero-order valence-electron chi connectivity index (χ0n) is 14.8. The fraction of sp³-hybridized carbons (Fsp3) is 0.143. The predicted molar refractivity (Wildman–Crippen MR) is 104 cm³/mol. The van der Waals surface area contributed by atoms with Crippen LogP contribution in [0.1, 0.15) is 22.8 Å². The maximum absolute atomic E-state index is 12.6. The number of aromatic nitrogens is 1. The van der Waals surface area contributed by atoms with Gasteiger partial charge in [-0.2, -0.15) is 0 Å². The molecule has 0 saturated heterocycles. The van der Waals surface area contributed by atoms with Gasteiger partial charge in [-0.1, -0.05) is 24.3 Å². The molecule has 1 heterocycles. The first-order valence-corrected chi connectivity index (χ1v) is 8.47. The number of aryl methyl sites for hydroxylation is 1. The zero-order valence-corrected chi connectivity index (χ0v) is 14.8. The Morgan fingerprint density at radius 1 is 1.04 bits per heavy atom. The monoisotopic (exact) mass is 347 g/mol. The van der Waals surface area contributed by atoms with Crippen molar-refractivity contribution in [3.8, 4) is 5.75 Å². The van der Waals surface area contributed by atoms with Crippen molar-refractivity contribution in [1.82, 2.24) is 4.98 Å². The first-order valence-electron chi connectivity index (χ1n) is 8.47. The van der Waals surface area contributed by atoms with E-state index in [0.717, 1.165) is 16.9 Å². The number of nitrogens with zero attached hydrogens (tertiary/aromatic N) is 1. The van der Waals surface area contributed by atoms with Gasteiger partial charge in [0.05, 0.1) is 29.7 Å².